The number of likely N-dealkylation sites (N-methyl/N-ethyl adjacent to an activating group) is 1. The minimum atomic E-state index is -1.26. The highest BCUT2D eigenvalue weighted by Crippen LogP contribution is 2.37. The molecule has 0 spiro atoms. The summed E-state index contributed by atoms with van der Waals surface area (Å²) in [5.41, 5.74) is 4.33. The maximum Gasteiger partial charge on any atom is 0.328 e. The quantitative estimate of drug-likeness (QED) is 0.834. The summed E-state index contributed by atoms with van der Waals surface area (Å²) < 4.78 is 0. The molecule has 5 nitrogen and oxygen atoms in total. The van der Waals surface area contributed by atoms with E-state index in [2.05, 4.69) is 49.2 Å². The van der Waals surface area contributed by atoms with E-state index >= 15 is 0 Å². The Morgan fingerprint density at radius 3 is 2.17 bits per heavy atom. The number of benzene rings is 1. The number of fused-ring (bicyclic) bond motifs is 2. The molecule has 1 aromatic rings. The number of aliphatic carboxylic acids is 2. The zero-order valence-corrected chi connectivity index (χ0v) is 14.0. The third-order valence-electron chi connectivity index (χ3n) is 4.53. The normalized spacial score (nSPS) is 22.7. The van der Waals surface area contributed by atoms with Gasteiger partial charge >= 0.3 is 11.9 Å². The van der Waals surface area contributed by atoms with Gasteiger partial charge in [0.1, 0.15) is 0 Å². The van der Waals surface area contributed by atoms with E-state index in [0.29, 0.717) is 18.2 Å². The predicted octanol–water partition coefficient (Wildman–Crippen LogP) is 2.96. The Bertz CT molecular complexity index is 644. The monoisotopic (exact) mass is 329 g/mol. The van der Waals surface area contributed by atoms with E-state index in [1.807, 2.05) is 0 Å². The van der Waals surface area contributed by atoms with Crippen LogP contribution in [-0.2, 0) is 9.59 Å². The highest BCUT2D eigenvalue weighted by atomic mass is 16.4. The van der Waals surface area contributed by atoms with Crippen LogP contribution in [-0.4, -0.2) is 46.2 Å². The number of aryl methyl sites for hydroxylation is 1. The first-order valence-electron chi connectivity index (χ1n) is 8.00. The lowest BCUT2D eigenvalue weighted by atomic mass is 9.94. The van der Waals surface area contributed by atoms with Crippen molar-refractivity contribution in [1.82, 2.24) is 4.90 Å². The molecule has 2 bridgehead atoms. The Kier molecular flexibility index (Phi) is 5.93. The number of hydrogen-bond donors (Lipinski definition) is 2. The van der Waals surface area contributed by atoms with Gasteiger partial charge < -0.3 is 10.2 Å². The lowest BCUT2D eigenvalue weighted by molar-refractivity contribution is -0.134. The highest BCUT2D eigenvalue weighted by molar-refractivity contribution is 5.89. The van der Waals surface area contributed by atoms with Gasteiger partial charge in [-0.1, -0.05) is 35.9 Å². The van der Waals surface area contributed by atoms with Crippen molar-refractivity contribution in [1.29, 1.82) is 0 Å². The molecule has 24 heavy (non-hydrogen) atoms. The molecule has 128 valence electrons. The summed E-state index contributed by atoms with van der Waals surface area (Å²) in [4.78, 5) is 21.6. The molecule has 1 saturated heterocycles. The molecule has 2 aliphatic heterocycles. The predicted molar refractivity (Wildman–Crippen MR) is 92.8 cm³/mol. The van der Waals surface area contributed by atoms with E-state index in [4.69, 9.17) is 10.2 Å². The average molecular weight is 329 g/mol. The molecule has 2 aliphatic rings. The first-order chi connectivity index (χ1) is 11.4. The van der Waals surface area contributed by atoms with Crippen LogP contribution in [0.2, 0.25) is 0 Å². The number of nitrogens with zero attached hydrogens (tertiary/aromatic N) is 1. The first-order valence-corrected chi connectivity index (χ1v) is 8.00. The Hall–Kier alpha value is -2.40. The number of hydrogen-bond acceptors (Lipinski definition) is 3. The zero-order chi connectivity index (χ0) is 17.7. The molecule has 1 fully saturated rings. The minimum absolute atomic E-state index is 0.558. The second-order valence-electron chi connectivity index (χ2n) is 6.24. The van der Waals surface area contributed by atoms with E-state index in [-0.39, 0.29) is 0 Å². The Morgan fingerprint density at radius 1 is 1.08 bits per heavy atom. The summed E-state index contributed by atoms with van der Waals surface area (Å²) in [6.07, 6.45) is 7.54. The van der Waals surface area contributed by atoms with Gasteiger partial charge in [-0.25, -0.2) is 9.59 Å². The molecule has 2 atom stereocenters. The van der Waals surface area contributed by atoms with Crippen molar-refractivity contribution >= 4 is 17.5 Å². The largest absolute Gasteiger partial charge is 0.478 e. The van der Waals surface area contributed by atoms with E-state index in [0.717, 1.165) is 6.04 Å². The van der Waals surface area contributed by atoms with Crippen LogP contribution in [0.25, 0.3) is 5.57 Å². The van der Waals surface area contributed by atoms with Crippen LogP contribution in [0, 0.1) is 6.92 Å². The molecular formula is C19H23NO4. The number of carboxylic acids is 2. The van der Waals surface area contributed by atoms with Crippen molar-refractivity contribution in [2.75, 3.05) is 7.05 Å². The second-order valence-corrected chi connectivity index (χ2v) is 6.24. The fraction of sp³-hybridized carbons (Fsp3) is 0.368. The summed E-state index contributed by atoms with van der Waals surface area (Å²) >= 11 is 0. The molecule has 2 unspecified atom stereocenters. The molecule has 2 N–H and O–H groups in total. The van der Waals surface area contributed by atoms with Crippen LogP contribution >= 0.6 is 0 Å². The summed E-state index contributed by atoms with van der Waals surface area (Å²) in [6.45, 7) is 2.15. The topological polar surface area (TPSA) is 77.8 Å². The van der Waals surface area contributed by atoms with E-state index < -0.39 is 11.9 Å². The van der Waals surface area contributed by atoms with Gasteiger partial charge in [-0.3, -0.25) is 4.90 Å². The third kappa shape index (κ3) is 4.80. The molecule has 0 amide bonds. The number of rotatable bonds is 3. The van der Waals surface area contributed by atoms with Crippen LogP contribution in [0.4, 0.5) is 0 Å². The van der Waals surface area contributed by atoms with E-state index in [9.17, 15) is 9.59 Å². The van der Waals surface area contributed by atoms with Crippen LogP contribution < -0.4 is 0 Å². The molecule has 0 aromatic heterocycles. The fourth-order valence-electron chi connectivity index (χ4n) is 3.17. The van der Waals surface area contributed by atoms with Crippen LogP contribution in [0.5, 0.6) is 0 Å². The Morgan fingerprint density at radius 2 is 1.67 bits per heavy atom. The molecule has 2 heterocycles. The summed E-state index contributed by atoms with van der Waals surface area (Å²) in [6, 6.07) is 10.5. The Balaban J connectivity index is 0.000000224. The van der Waals surface area contributed by atoms with Crippen LogP contribution in [0.3, 0.4) is 0 Å². The van der Waals surface area contributed by atoms with Gasteiger partial charge in [0, 0.05) is 24.2 Å². The minimum Gasteiger partial charge on any atom is -0.478 e. The van der Waals surface area contributed by atoms with Gasteiger partial charge in [0.05, 0.1) is 0 Å². The summed E-state index contributed by atoms with van der Waals surface area (Å²) in [5, 5.41) is 15.6. The van der Waals surface area contributed by atoms with E-state index in [1.165, 1.54) is 30.4 Å². The van der Waals surface area contributed by atoms with Gasteiger partial charge in [0.2, 0.25) is 0 Å². The SMILES string of the molecule is Cc1ccc(C2=CC3CCC(C2)N3C)cc1.O=C(O)C=CC(=O)O. The van der Waals surface area contributed by atoms with Gasteiger partial charge in [0.15, 0.2) is 0 Å². The standard InChI is InChI=1S/C15H19N.C4H4O4/c1-11-3-5-12(6-4-11)13-9-14-7-8-15(10-13)16(14)2;5-3(6)1-2-4(7)8/h3-6,9,14-15H,7-8,10H2,1-2H3;1-2H,(H,5,6)(H,7,8). The van der Waals surface area contributed by atoms with Crippen molar-refractivity contribution in [2.45, 2.75) is 38.3 Å². The molecule has 5 heteroatoms. The van der Waals surface area contributed by atoms with Crippen LogP contribution in [0.15, 0.2) is 42.5 Å². The third-order valence-corrected chi connectivity index (χ3v) is 4.53. The first kappa shape index (κ1) is 17.9. The highest BCUT2D eigenvalue weighted by Gasteiger charge is 2.33. The number of carboxylic acid groups (broad SMARTS) is 2. The molecular weight excluding hydrogens is 306 g/mol. The second kappa shape index (κ2) is 7.93. The summed E-state index contributed by atoms with van der Waals surface area (Å²) in [5.74, 6) is -2.51. The maximum atomic E-state index is 9.55. The number of carbonyl (C=O) groups is 2. The van der Waals surface area contributed by atoms with Gasteiger partial charge in [-0.2, -0.15) is 0 Å². The van der Waals surface area contributed by atoms with E-state index in [1.54, 1.807) is 5.57 Å². The molecule has 3 rings (SSSR count). The van der Waals surface area contributed by atoms with Gasteiger partial charge in [-0.05, 0) is 44.4 Å². The van der Waals surface area contributed by atoms with Gasteiger partial charge in [-0.15, -0.1) is 0 Å². The molecule has 0 radical (unpaired) electrons. The van der Waals surface area contributed by atoms with Gasteiger partial charge in [0.25, 0.3) is 0 Å². The van der Waals surface area contributed by atoms with Crippen molar-refractivity contribution in [3.05, 3.63) is 53.6 Å². The fourth-order valence-corrected chi connectivity index (χ4v) is 3.17. The van der Waals surface area contributed by atoms with Crippen molar-refractivity contribution in [3.63, 3.8) is 0 Å². The summed E-state index contributed by atoms with van der Waals surface area (Å²) in [7, 11) is 2.27. The van der Waals surface area contributed by atoms with Crippen molar-refractivity contribution in [3.8, 4) is 0 Å². The lowest BCUT2D eigenvalue weighted by Crippen LogP contribution is -2.34. The smallest absolute Gasteiger partial charge is 0.328 e. The van der Waals surface area contributed by atoms with Crippen molar-refractivity contribution in [2.24, 2.45) is 0 Å². The zero-order valence-electron chi connectivity index (χ0n) is 14.0. The average Bonchev–Trinajstić information content (AvgIpc) is 2.75. The molecule has 1 aromatic carbocycles. The van der Waals surface area contributed by atoms with Crippen LogP contribution in [0.1, 0.15) is 30.4 Å². The Labute approximate surface area is 141 Å². The van der Waals surface area contributed by atoms with Crippen molar-refractivity contribution < 1.29 is 19.8 Å². The molecule has 0 saturated carbocycles. The molecule has 0 aliphatic carbocycles. The maximum absolute atomic E-state index is 9.55. The lowest BCUT2D eigenvalue weighted by Gasteiger charge is -2.30.